The lowest BCUT2D eigenvalue weighted by Crippen LogP contribution is -2.24. The molecular weight excluding hydrogens is 301 g/mol. The summed E-state index contributed by atoms with van der Waals surface area (Å²) in [6.45, 7) is 0. The second kappa shape index (κ2) is 5.83. The molecular formula is C16H16FN3O3. The molecule has 3 rings (SSSR count). The first-order valence-corrected chi connectivity index (χ1v) is 7.42. The number of hydrogen-bond acceptors (Lipinski definition) is 3. The first-order valence-electron chi connectivity index (χ1n) is 7.42. The van der Waals surface area contributed by atoms with Gasteiger partial charge >= 0.3 is 0 Å². The Balaban J connectivity index is 1.84. The van der Waals surface area contributed by atoms with Crippen LogP contribution < -0.4 is 16.2 Å². The van der Waals surface area contributed by atoms with Crippen molar-refractivity contribution in [3.05, 3.63) is 34.9 Å². The standard InChI is InChI=1S/C16H16FN3O3/c17-20-13-8-10(6-5-9(13)7-14(20)21)19-16(23)12-4-2-1-3-11(12)15(18)22/h5-6,8H,1-4,7H2,(H2,18,22)(H,19,23). The molecule has 0 saturated carbocycles. The Hall–Kier alpha value is -2.70. The number of rotatable bonds is 3. The molecule has 23 heavy (non-hydrogen) atoms. The normalized spacial score (nSPS) is 17.3. The maximum absolute atomic E-state index is 13.7. The number of benzene rings is 1. The quantitative estimate of drug-likeness (QED) is 0.832. The summed E-state index contributed by atoms with van der Waals surface area (Å²) in [7, 11) is 0. The van der Waals surface area contributed by atoms with Crippen LogP contribution in [0.25, 0.3) is 0 Å². The maximum atomic E-state index is 13.7. The molecule has 0 unspecified atom stereocenters. The van der Waals surface area contributed by atoms with Crippen molar-refractivity contribution in [2.75, 3.05) is 10.4 Å². The van der Waals surface area contributed by atoms with Gasteiger partial charge < -0.3 is 11.1 Å². The van der Waals surface area contributed by atoms with Crippen LogP contribution in [0.15, 0.2) is 29.3 Å². The fraction of sp³-hybridized carbons (Fsp3) is 0.312. The van der Waals surface area contributed by atoms with Gasteiger partial charge in [0.2, 0.25) is 5.91 Å². The predicted molar refractivity (Wildman–Crippen MR) is 82.1 cm³/mol. The largest absolute Gasteiger partial charge is 0.366 e. The number of carbonyl (C=O) groups is 3. The highest BCUT2D eigenvalue weighted by Crippen LogP contribution is 2.32. The number of hydrogen-bond donors (Lipinski definition) is 2. The summed E-state index contributed by atoms with van der Waals surface area (Å²) in [5.41, 5.74) is 7.15. The number of nitrogens with two attached hydrogens (primary N) is 1. The second-order valence-corrected chi connectivity index (χ2v) is 5.68. The van der Waals surface area contributed by atoms with Crippen molar-refractivity contribution in [1.29, 1.82) is 0 Å². The summed E-state index contributed by atoms with van der Waals surface area (Å²) in [6, 6.07) is 4.62. The lowest BCUT2D eigenvalue weighted by Gasteiger charge is -2.18. The minimum absolute atomic E-state index is 0.0109. The van der Waals surface area contributed by atoms with E-state index >= 15 is 0 Å². The molecule has 1 aliphatic heterocycles. The van der Waals surface area contributed by atoms with E-state index in [2.05, 4.69) is 5.32 Å². The Labute approximate surface area is 132 Å². The fourth-order valence-electron chi connectivity index (χ4n) is 2.97. The molecule has 6 nitrogen and oxygen atoms in total. The van der Waals surface area contributed by atoms with Gasteiger partial charge in [0.05, 0.1) is 12.1 Å². The van der Waals surface area contributed by atoms with Crippen LogP contribution >= 0.6 is 0 Å². The zero-order valence-electron chi connectivity index (χ0n) is 12.4. The lowest BCUT2D eigenvalue weighted by molar-refractivity contribution is -0.120. The van der Waals surface area contributed by atoms with E-state index in [1.54, 1.807) is 12.1 Å². The smallest absolute Gasteiger partial charge is 0.259 e. The number of anilines is 2. The monoisotopic (exact) mass is 317 g/mol. The molecule has 1 heterocycles. The van der Waals surface area contributed by atoms with Gasteiger partial charge in [0.1, 0.15) is 0 Å². The Morgan fingerprint density at radius 1 is 1.17 bits per heavy atom. The number of primary amides is 1. The summed E-state index contributed by atoms with van der Waals surface area (Å²) >= 11 is 0. The van der Waals surface area contributed by atoms with E-state index in [1.165, 1.54) is 6.07 Å². The lowest BCUT2D eigenvalue weighted by atomic mass is 9.90. The highest BCUT2D eigenvalue weighted by molar-refractivity contribution is 6.10. The van der Waals surface area contributed by atoms with E-state index in [-0.39, 0.29) is 17.2 Å². The molecule has 0 aromatic heterocycles. The number of nitrogens with zero attached hydrogens (tertiary/aromatic N) is 1. The number of carbonyl (C=O) groups excluding carboxylic acids is 3. The van der Waals surface area contributed by atoms with E-state index in [1.807, 2.05) is 0 Å². The zero-order valence-corrected chi connectivity index (χ0v) is 12.4. The third-order valence-electron chi connectivity index (χ3n) is 4.15. The topological polar surface area (TPSA) is 92.5 Å². The maximum Gasteiger partial charge on any atom is 0.259 e. The minimum atomic E-state index is -0.630. The molecule has 0 bridgehead atoms. The highest BCUT2D eigenvalue weighted by atomic mass is 19.2. The molecule has 0 atom stereocenters. The van der Waals surface area contributed by atoms with Crippen molar-refractivity contribution in [3.8, 4) is 0 Å². The zero-order chi connectivity index (χ0) is 16.6. The van der Waals surface area contributed by atoms with E-state index in [0.29, 0.717) is 35.2 Å². The van der Waals surface area contributed by atoms with Crippen molar-refractivity contribution >= 4 is 29.1 Å². The van der Waals surface area contributed by atoms with Crippen LogP contribution in [0.2, 0.25) is 0 Å². The Morgan fingerprint density at radius 3 is 2.57 bits per heavy atom. The van der Waals surface area contributed by atoms with Gasteiger partial charge in [-0.25, -0.2) is 0 Å². The van der Waals surface area contributed by atoms with Gasteiger partial charge in [-0.15, -0.1) is 5.12 Å². The van der Waals surface area contributed by atoms with Gasteiger partial charge in [-0.1, -0.05) is 10.5 Å². The fourth-order valence-corrected chi connectivity index (χ4v) is 2.97. The van der Waals surface area contributed by atoms with Gasteiger partial charge in [-0.2, -0.15) is 0 Å². The van der Waals surface area contributed by atoms with Crippen LogP contribution in [-0.4, -0.2) is 17.7 Å². The highest BCUT2D eigenvalue weighted by Gasteiger charge is 2.28. The third-order valence-corrected chi connectivity index (χ3v) is 4.15. The van der Waals surface area contributed by atoms with Crippen molar-refractivity contribution in [3.63, 3.8) is 0 Å². The van der Waals surface area contributed by atoms with Crippen LogP contribution in [0.5, 0.6) is 0 Å². The molecule has 120 valence electrons. The van der Waals surface area contributed by atoms with E-state index in [4.69, 9.17) is 5.73 Å². The number of amides is 3. The first-order chi connectivity index (χ1) is 11.0. The number of nitrogens with one attached hydrogen (secondary N) is 1. The van der Waals surface area contributed by atoms with Gasteiger partial charge in [-0.3, -0.25) is 14.4 Å². The Morgan fingerprint density at radius 2 is 1.87 bits per heavy atom. The van der Waals surface area contributed by atoms with Crippen molar-refractivity contribution in [2.45, 2.75) is 32.1 Å². The van der Waals surface area contributed by atoms with Crippen molar-refractivity contribution < 1.29 is 18.9 Å². The molecule has 1 aromatic rings. The van der Waals surface area contributed by atoms with Crippen molar-refractivity contribution in [1.82, 2.24) is 0 Å². The predicted octanol–water partition coefficient (Wildman–Crippen LogP) is 1.75. The SMILES string of the molecule is NC(=O)C1=C(C(=O)Nc2ccc3c(c2)N(F)C(=O)C3)CCCC1. The first kappa shape index (κ1) is 15.2. The van der Waals surface area contributed by atoms with Gasteiger partial charge in [-0.05, 0) is 43.4 Å². The number of fused-ring (bicyclic) bond motifs is 1. The van der Waals surface area contributed by atoms with E-state index in [9.17, 15) is 18.9 Å². The summed E-state index contributed by atoms with van der Waals surface area (Å²) in [5, 5.41) is 2.74. The van der Waals surface area contributed by atoms with Gasteiger partial charge in [0.25, 0.3) is 11.8 Å². The molecule has 0 radical (unpaired) electrons. The minimum Gasteiger partial charge on any atom is -0.366 e. The Kier molecular flexibility index (Phi) is 3.85. The average Bonchev–Trinajstić information content (AvgIpc) is 2.82. The van der Waals surface area contributed by atoms with E-state index < -0.39 is 17.7 Å². The molecule has 7 heteroatoms. The number of halogens is 1. The van der Waals surface area contributed by atoms with Gasteiger partial charge in [0, 0.05) is 16.8 Å². The van der Waals surface area contributed by atoms with E-state index in [0.717, 1.165) is 12.8 Å². The van der Waals surface area contributed by atoms with Crippen LogP contribution in [-0.2, 0) is 20.8 Å². The van der Waals surface area contributed by atoms with Crippen LogP contribution in [0.4, 0.5) is 15.9 Å². The van der Waals surface area contributed by atoms with Crippen molar-refractivity contribution in [2.24, 2.45) is 5.73 Å². The third kappa shape index (κ3) is 2.81. The molecule has 1 aliphatic carbocycles. The summed E-state index contributed by atoms with van der Waals surface area (Å²) < 4.78 is 13.7. The summed E-state index contributed by atoms with van der Waals surface area (Å²) in [4.78, 5) is 35.2. The van der Waals surface area contributed by atoms with Gasteiger partial charge in [0.15, 0.2) is 0 Å². The van der Waals surface area contributed by atoms with Crippen LogP contribution in [0.1, 0.15) is 31.2 Å². The Bertz CT molecular complexity index is 742. The molecule has 0 fully saturated rings. The molecule has 1 aromatic carbocycles. The molecule has 3 amide bonds. The average molecular weight is 317 g/mol. The van der Waals surface area contributed by atoms with Crippen LogP contribution in [0, 0.1) is 0 Å². The molecule has 2 aliphatic rings. The second-order valence-electron chi connectivity index (χ2n) is 5.68. The van der Waals surface area contributed by atoms with Crippen LogP contribution in [0.3, 0.4) is 0 Å². The summed E-state index contributed by atoms with van der Waals surface area (Å²) in [5.74, 6) is -1.62. The molecule has 0 spiro atoms. The summed E-state index contributed by atoms with van der Waals surface area (Å²) in [6.07, 6.45) is 2.64. The molecule has 0 saturated heterocycles. The molecule has 3 N–H and O–H groups in total.